The molecule has 0 fully saturated rings. The van der Waals surface area contributed by atoms with E-state index >= 15 is 4.79 Å². The van der Waals surface area contributed by atoms with Crippen LogP contribution in [0.25, 0.3) is 0 Å². The zero-order chi connectivity index (χ0) is 65.5. The molecule has 0 spiro atoms. The molecule has 0 radical (unpaired) electrons. The van der Waals surface area contributed by atoms with E-state index in [-0.39, 0.29) is 23.3 Å². The predicted molar refractivity (Wildman–Crippen MR) is 349 cm³/mol. The summed E-state index contributed by atoms with van der Waals surface area (Å²) in [6.07, 6.45) is -2.24. The van der Waals surface area contributed by atoms with Crippen molar-refractivity contribution in [1.82, 2.24) is 42.5 Å². The molecule has 6 aromatic carbocycles. The van der Waals surface area contributed by atoms with Gasteiger partial charge in [-0.3, -0.25) is 38.4 Å². The van der Waals surface area contributed by atoms with Crippen LogP contribution in [0.1, 0.15) is 88.3 Å². The van der Waals surface area contributed by atoms with E-state index in [1.807, 2.05) is 182 Å². The summed E-state index contributed by atoms with van der Waals surface area (Å²) in [5, 5.41) is 42.1. The van der Waals surface area contributed by atoms with Crippen molar-refractivity contribution in [3.05, 3.63) is 215 Å². The molecule has 90 heavy (non-hydrogen) atoms. The summed E-state index contributed by atoms with van der Waals surface area (Å²) in [5.74, 6) is -8.90. The van der Waals surface area contributed by atoms with Gasteiger partial charge in [0.15, 0.2) is 6.04 Å². The molecule has 22 heteroatoms. The van der Waals surface area contributed by atoms with E-state index in [4.69, 9.17) is 5.73 Å². The molecule has 8 amide bonds. The normalized spacial score (nSPS) is 14.2. The summed E-state index contributed by atoms with van der Waals surface area (Å²) in [6, 6.07) is 45.9. The minimum Gasteiger partial charge on any atom is -0.480 e. The zero-order valence-electron chi connectivity index (χ0n) is 51.4. The summed E-state index contributed by atoms with van der Waals surface area (Å²) < 4.78 is -1.01. The van der Waals surface area contributed by atoms with Gasteiger partial charge in [-0.15, -0.1) is 23.5 Å². The minimum atomic E-state index is -1.76. The van der Waals surface area contributed by atoms with Crippen LogP contribution in [0.3, 0.4) is 0 Å². The number of carbonyl (C=O) groups is 9. The molecular formula is C68H81N9O11S2. The molecule has 0 aliphatic carbocycles. The molecule has 0 saturated heterocycles. The first-order valence-corrected chi connectivity index (χ1v) is 31.7. The number of thioether (sulfide) groups is 2. The summed E-state index contributed by atoms with van der Waals surface area (Å²) in [7, 11) is 0. The summed E-state index contributed by atoms with van der Waals surface area (Å²) in [5.41, 5.74) is 9.35. The lowest BCUT2D eigenvalue weighted by molar-refractivity contribution is -0.145. The number of aliphatic hydroxyl groups is 1. The van der Waals surface area contributed by atoms with Crippen molar-refractivity contribution in [1.29, 1.82) is 0 Å². The van der Waals surface area contributed by atoms with Crippen LogP contribution in [-0.4, -0.2) is 129 Å². The van der Waals surface area contributed by atoms with Crippen molar-refractivity contribution in [2.45, 2.75) is 114 Å². The van der Waals surface area contributed by atoms with Gasteiger partial charge in [-0.2, -0.15) is 0 Å². The van der Waals surface area contributed by atoms with Gasteiger partial charge in [0.1, 0.15) is 35.7 Å². The van der Waals surface area contributed by atoms with Crippen LogP contribution < -0.4 is 48.3 Å². The first kappa shape index (κ1) is 70.3. The molecule has 0 bridgehead atoms. The van der Waals surface area contributed by atoms with Crippen molar-refractivity contribution in [3.8, 4) is 0 Å². The molecule has 8 atom stereocenters. The molecule has 0 saturated carbocycles. The Labute approximate surface area is 533 Å². The predicted octanol–water partition coefficient (Wildman–Crippen LogP) is 5.07. The van der Waals surface area contributed by atoms with Gasteiger partial charge in [0.2, 0.25) is 47.3 Å². The van der Waals surface area contributed by atoms with Gasteiger partial charge in [-0.1, -0.05) is 210 Å². The number of aliphatic hydroxyl groups excluding tert-OH is 1. The standard InChI is InChI=1S/C68H81N9O11S2/c1-42(2)57(64(85)71-44(5)60(81)73-55(63(84)76-59(45(6)78)66(87)88)40-90-68(50-32-20-11-21-33-50,51-34-22-12-23-35-51)52-36-24-13-25-37-52)75-62(83)54(72-65(86)58(43(3)4)74-61(82)53(69)39-89-41-70-46(7)79)38-56(80)77-67(47-26-14-8-15-27-47,48-28-16-9-17-29-48)49-30-18-10-19-31-49/h8-37,42-45,53-55,57-59,78H,38-41,69H2,1-7H3,(H,70,79)(H,71,85)(H,72,86)(H,73,81)(H,74,82)(H,75,83)(H,76,84)(H,77,80)(H,87,88)/t44-,45+,53-,54-,55-,57-,58-,59-/m0/s1. The number of hydrogen-bond acceptors (Lipinski definition) is 13. The summed E-state index contributed by atoms with van der Waals surface area (Å²) >= 11 is 2.49. The number of benzene rings is 6. The Morgan fingerprint density at radius 2 is 0.822 bits per heavy atom. The maximum Gasteiger partial charge on any atom is 0.328 e. The second-order valence-corrected chi connectivity index (χ2v) is 24.7. The number of amides is 8. The fraction of sp³-hybridized carbons (Fsp3) is 0.338. The van der Waals surface area contributed by atoms with E-state index in [0.717, 1.165) is 16.7 Å². The number of hydrogen-bond donors (Lipinski definition) is 11. The number of carbonyl (C=O) groups excluding carboxylic acids is 8. The maximum atomic E-state index is 15.0. The third-order valence-corrected chi connectivity index (χ3v) is 17.5. The van der Waals surface area contributed by atoms with Gasteiger partial charge < -0.3 is 58.5 Å². The number of aliphatic carboxylic acids is 1. The molecule has 0 heterocycles. The summed E-state index contributed by atoms with van der Waals surface area (Å²) in [4.78, 5) is 125. The highest BCUT2D eigenvalue weighted by atomic mass is 32.2. The summed E-state index contributed by atoms with van der Waals surface area (Å²) in [6.45, 7) is 10.5. The van der Waals surface area contributed by atoms with Gasteiger partial charge in [0.05, 0.1) is 29.2 Å². The lowest BCUT2D eigenvalue weighted by atomic mass is 9.77. The van der Waals surface area contributed by atoms with Gasteiger partial charge in [-0.25, -0.2) is 4.79 Å². The van der Waals surface area contributed by atoms with E-state index in [9.17, 15) is 48.6 Å². The monoisotopic (exact) mass is 1260 g/mol. The van der Waals surface area contributed by atoms with Gasteiger partial charge in [-0.05, 0) is 59.1 Å². The SMILES string of the molecule is CC(=O)NCSC[C@H](N)C(=O)N[C@H](C(=O)N[C@@H](CC(=O)NC(c1ccccc1)(c1ccccc1)c1ccccc1)C(=O)N[C@H](C(=O)N[C@@H](C)C(=O)N[C@@H](CSC(c1ccccc1)(c1ccccc1)c1ccccc1)C(=O)N[C@H](C(=O)O)[C@@H](C)O)C(C)C)C(C)C. The van der Waals surface area contributed by atoms with Crippen molar-refractivity contribution in [2.75, 3.05) is 17.4 Å². The largest absolute Gasteiger partial charge is 0.480 e. The zero-order valence-corrected chi connectivity index (χ0v) is 53.0. The average molecular weight is 1260 g/mol. The molecule has 20 nitrogen and oxygen atoms in total. The molecule has 0 unspecified atom stereocenters. The fourth-order valence-corrected chi connectivity index (χ4v) is 12.6. The van der Waals surface area contributed by atoms with E-state index in [1.165, 1.54) is 44.3 Å². The van der Waals surface area contributed by atoms with Gasteiger partial charge in [0, 0.05) is 18.4 Å². The molecule has 0 aliphatic heterocycles. The van der Waals surface area contributed by atoms with Crippen LogP contribution in [0.2, 0.25) is 0 Å². The lowest BCUT2D eigenvalue weighted by Crippen LogP contribution is -2.62. The van der Waals surface area contributed by atoms with E-state index in [1.54, 1.807) is 27.7 Å². The Balaban J connectivity index is 1.30. The molecule has 6 rings (SSSR count). The molecule has 12 N–H and O–H groups in total. The highest BCUT2D eigenvalue weighted by Crippen LogP contribution is 2.48. The second kappa shape index (κ2) is 33.7. The Morgan fingerprint density at radius 1 is 0.456 bits per heavy atom. The number of rotatable bonds is 32. The topological polar surface area (TPSA) is 316 Å². The van der Waals surface area contributed by atoms with E-state index < -0.39 is 124 Å². The second-order valence-electron chi connectivity index (χ2n) is 22.4. The molecule has 476 valence electrons. The fourth-order valence-electron chi connectivity index (χ4n) is 10.2. The average Bonchev–Trinajstić information content (AvgIpc) is 0.775. The molecule has 0 aliphatic rings. The van der Waals surface area contributed by atoms with Gasteiger partial charge in [0.25, 0.3) is 0 Å². The van der Waals surface area contributed by atoms with Crippen LogP contribution in [0, 0.1) is 11.8 Å². The van der Waals surface area contributed by atoms with Crippen LogP contribution in [0.4, 0.5) is 0 Å². The number of nitrogens with two attached hydrogens (primary N) is 1. The van der Waals surface area contributed by atoms with Crippen molar-refractivity contribution in [3.63, 3.8) is 0 Å². The number of nitrogens with one attached hydrogen (secondary N) is 8. The minimum absolute atomic E-state index is 0.0831. The van der Waals surface area contributed by atoms with Crippen LogP contribution in [0.5, 0.6) is 0 Å². The Kier molecular flexibility index (Phi) is 26.3. The third-order valence-electron chi connectivity index (χ3n) is 15.0. The first-order valence-electron chi connectivity index (χ1n) is 29.6. The first-order chi connectivity index (χ1) is 43.0. The molecule has 6 aromatic rings. The maximum absolute atomic E-state index is 15.0. The van der Waals surface area contributed by atoms with Crippen molar-refractivity contribution >= 4 is 76.8 Å². The van der Waals surface area contributed by atoms with E-state index in [0.29, 0.717) is 16.7 Å². The Morgan fingerprint density at radius 3 is 1.21 bits per heavy atom. The van der Waals surface area contributed by atoms with Crippen LogP contribution in [0.15, 0.2) is 182 Å². The Bertz CT molecular complexity index is 3160. The van der Waals surface area contributed by atoms with Crippen LogP contribution in [-0.2, 0) is 53.4 Å². The lowest BCUT2D eigenvalue weighted by Gasteiger charge is -2.37. The Hall–Kier alpha value is -8.83. The van der Waals surface area contributed by atoms with Crippen molar-refractivity contribution < 1.29 is 53.4 Å². The highest BCUT2D eigenvalue weighted by molar-refractivity contribution is 8.00. The van der Waals surface area contributed by atoms with E-state index in [2.05, 4.69) is 42.5 Å². The quantitative estimate of drug-likeness (QED) is 0.0149. The third kappa shape index (κ3) is 18.6. The highest BCUT2D eigenvalue weighted by Gasteiger charge is 2.42. The molecule has 0 aromatic heterocycles. The van der Waals surface area contributed by atoms with Crippen molar-refractivity contribution in [2.24, 2.45) is 17.6 Å². The van der Waals surface area contributed by atoms with Gasteiger partial charge >= 0.3 is 5.97 Å². The number of carboxylic acids is 1. The molecular weight excluding hydrogens is 1180 g/mol. The smallest absolute Gasteiger partial charge is 0.328 e. The number of carboxylic acid groups (broad SMARTS) is 1. The van der Waals surface area contributed by atoms with Crippen LogP contribution >= 0.6 is 23.5 Å².